The van der Waals surface area contributed by atoms with Gasteiger partial charge in [0.05, 0.1) is 16.2 Å². The first kappa shape index (κ1) is 32.8. The van der Waals surface area contributed by atoms with Crippen LogP contribution in [0.1, 0.15) is 11.1 Å². The van der Waals surface area contributed by atoms with Crippen LogP contribution in [0.4, 0.5) is 70.2 Å². The van der Waals surface area contributed by atoms with Gasteiger partial charge in [0.1, 0.15) is 5.82 Å². The van der Waals surface area contributed by atoms with Crippen molar-refractivity contribution in [3.05, 3.63) is 122 Å². The minimum Gasteiger partial charge on any atom is -0.519 e. The third kappa shape index (κ3) is 4.46. The zero-order valence-electron chi connectivity index (χ0n) is 22.4. The first-order valence-electron chi connectivity index (χ1n) is 12.6. The van der Waals surface area contributed by atoms with Crippen LogP contribution >= 0.6 is 0 Å². The molecule has 6 rings (SSSR count). The van der Waals surface area contributed by atoms with Gasteiger partial charge in [-0.2, -0.15) is 13.2 Å². The van der Waals surface area contributed by atoms with Gasteiger partial charge in [-0.25, -0.2) is 57.1 Å². The van der Waals surface area contributed by atoms with Crippen molar-refractivity contribution >= 4 is 23.4 Å². The highest BCUT2D eigenvalue weighted by atomic mass is 19.2. The summed E-state index contributed by atoms with van der Waals surface area (Å²) >= 11 is 0. The number of benzene rings is 5. The summed E-state index contributed by atoms with van der Waals surface area (Å²) in [6.45, 7) is 0. The Morgan fingerprint density at radius 3 is 1.44 bits per heavy atom. The summed E-state index contributed by atoms with van der Waals surface area (Å²) in [5.41, 5.74) is -4.90. The average Bonchev–Trinajstić information content (AvgIpc) is 3.45. The number of fused-ring (bicyclic) bond motifs is 4. The second-order valence-electron chi connectivity index (χ2n) is 9.90. The molecule has 0 N–H and O–H groups in total. The number of rotatable bonds is 5. The molecule has 0 heterocycles. The van der Waals surface area contributed by atoms with Crippen LogP contribution in [0.3, 0.4) is 0 Å². The van der Waals surface area contributed by atoms with Gasteiger partial charge in [-0.05, 0) is 23.6 Å². The fraction of sp³-hybridized carbons (Fsp3) is 0.0345. The van der Waals surface area contributed by atoms with E-state index >= 15 is 17.6 Å². The van der Waals surface area contributed by atoms with Gasteiger partial charge in [0.25, 0.3) is 0 Å². The molecule has 1 aliphatic rings. The normalized spacial score (nSPS) is 12.1. The van der Waals surface area contributed by atoms with E-state index in [1.807, 2.05) is 0 Å². The van der Waals surface area contributed by atoms with Crippen molar-refractivity contribution in [3.63, 3.8) is 0 Å². The van der Waals surface area contributed by atoms with Crippen molar-refractivity contribution in [2.45, 2.75) is 6.42 Å². The maximum atomic E-state index is 15.6. The summed E-state index contributed by atoms with van der Waals surface area (Å²) in [5.74, 6) is -46.7. The maximum absolute atomic E-state index is 15.6. The molecule has 0 unspecified atom stereocenters. The molecule has 0 saturated carbocycles. The van der Waals surface area contributed by atoms with E-state index in [2.05, 4.69) is 4.65 Å². The van der Waals surface area contributed by atoms with Gasteiger partial charge < -0.3 is 9.31 Å². The Hall–Kier alpha value is -5.10. The van der Waals surface area contributed by atoms with Crippen LogP contribution in [0.15, 0.2) is 18.2 Å². The molecule has 0 aliphatic heterocycles. The number of hydrogen-bond donors (Lipinski definition) is 0. The van der Waals surface area contributed by atoms with E-state index in [9.17, 15) is 52.7 Å². The zero-order valence-corrected chi connectivity index (χ0v) is 22.4. The SMILES string of the molecule is Fc1cccc2c1-c1c(F)c(F)c(F)c(B(Oc3c(F)c(F)c(F)c(F)c3F)Oc3c(F)c(F)c(F)c4c(F)c(F)c(F)c(F)c34)c1C2. The van der Waals surface area contributed by atoms with Gasteiger partial charge in [-0.1, -0.05) is 12.1 Å². The molecule has 5 aromatic rings. The minimum absolute atomic E-state index is 0.264. The highest BCUT2D eigenvalue weighted by molar-refractivity contribution is 6.63. The fourth-order valence-electron chi connectivity index (χ4n) is 5.22. The van der Waals surface area contributed by atoms with Crippen molar-refractivity contribution in [2.75, 3.05) is 0 Å². The third-order valence-electron chi connectivity index (χ3n) is 7.34. The van der Waals surface area contributed by atoms with E-state index in [1.54, 1.807) is 0 Å². The number of halogens is 16. The quantitative estimate of drug-likeness (QED) is 0.0778. The molecule has 5 aromatic carbocycles. The van der Waals surface area contributed by atoms with Crippen LogP contribution in [0, 0.1) is 93.1 Å². The molecular formula is C29H5BF16O2. The predicted octanol–water partition coefficient (Wildman–Crippen LogP) is 8.49. The standard InChI is InChI=1S/C29H5BF16O2/c31-7-3-1-2-5-4-6-9(8(5)7)13(32)18(37)17(36)12(6)30(48-29-26(45)23(42)22(41)24(43)27(29)46)47-28-11-10(15(34)21(40)25(28)44)14(33)19(38)20(39)16(11)35/h1-3H,4H2. The highest BCUT2D eigenvalue weighted by Gasteiger charge is 2.45. The van der Waals surface area contributed by atoms with Crippen molar-refractivity contribution in [1.82, 2.24) is 0 Å². The molecule has 0 spiro atoms. The molecule has 19 heteroatoms. The van der Waals surface area contributed by atoms with E-state index in [0.717, 1.165) is 12.1 Å². The van der Waals surface area contributed by atoms with Crippen LogP contribution in [-0.2, 0) is 6.42 Å². The van der Waals surface area contributed by atoms with Gasteiger partial charge >= 0.3 is 7.12 Å². The van der Waals surface area contributed by atoms with Gasteiger partial charge in [0.15, 0.2) is 63.9 Å². The van der Waals surface area contributed by atoms with Crippen LogP contribution in [0.2, 0.25) is 0 Å². The van der Waals surface area contributed by atoms with Gasteiger partial charge in [-0.15, -0.1) is 0 Å². The Morgan fingerprint density at radius 1 is 0.417 bits per heavy atom. The van der Waals surface area contributed by atoms with Gasteiger partial charge in [0, 0.05) is 11.1 Å². The average molecular weight is 700 g/mol. The Balaban J connectivity index is 1.71. The van der Waals surface area contributed by atoms with E-state index in [-0.39, 0.29) is 5.56 Å². The molecule has 0 amide bonds. The van der Waals surface area contributed by atoms with E-state index in [0.29, 0.717) is 6.07 Å². The lowest BCUT2D eigenvalue weighted by molar-refractivity contribution is 0.330. The molecule has 0 aromatic heterocycles. The molecule has 0 atom stereocenters. The molecular weight excluding hydrogens is 695 g/mol. The molecule has 1 aliphatic carbocycles. The van der Waals surface area contributed by atoms with Crippen LogP contribution in [-0.4, -0.2) is 7.12 Å². The minimum atomic E-state index is -3.52. The Kier molecular flexibility index (Phi) is 7.70. The van der Waals surface area contributed by atoms with Gasteiger partial charge in [0.2, 0.25) is 34.9 Å². The molecule has 0 bridgehead atoms. The van der Waals surface area contributed by atoms with Crippen molar-refractivity contribution in [2.24, 2.45) is 0 Å². The first-order chi connectivity index (χ1) is 22.5. The first-order valence-corrected chi connectivity index (χ1v) is 12.6. The maximum Gasteiger partial charge on any atom is 0.636 e. The number of hydrogen-bond acceptors (Lipinski definition) is 2. The second kappa shape index (κ2) is 11.3. The van der Waals surface area contributed by atoms with E-state index < -0.39 is 151 Å². The largest absolute Gasteiger partial charge is 0.636 e. The highest BCUT2D eigenvalue weighted by Crippen LogP contribution is 2.43. The Labute approximate surface area is 254 Å². The summed E-state index contributed by atoms with van der Waals surface area (Å²) in [6, 6.07) is 2.80. The van der Waals surface area contributed by atoms with Crippen LogP contribution in [0.25, 0.3) is 21.9 Å². The zero-order chi connectivity index (χ0) is 35.3. The molecule has 48 heavy (non-hydrogen) atoms. The van der Waals surface area contributed by atoms with Crippen LogP contribution in [0.5, 0.6) is 11.5 Å². The fourth-order valence-corrected chi connectivity index (χ4v) is 5.22. The Morgan fingerprint density at radius 2 is 0.854 bits per heavy atom. The smallest absolute Gasteiger partial charge is 0.519 e. The van der Waals surface area contributed by atoms with Gasteiger partial charge in [-0.3, -0.25) is 0 Å². The molecule has 2 nitrogen and oxygen atoms in total. The predicted molar refractivity (Wildman–Crippen MR) is 131 cm³/mol. The van der Waals surface area contributed by atoms with Crippen molar-refractivity contribution in [1.29, 1.82) is 0 Å². The molecule has 0 radical (unpaired) electrons. The summed E-state index contributed by atoms with van der Waals surface area (Å²) in [7, 11) is -3.52. The molecule has 0 saturated heterocycles. The molecule has 0 fully saturated rings. The van der Waals surface area contributed by atoms with Crippen molar-refractivity contribution in [3.8, 4) is 22.6 Å². The lowest BCUT2D eigenvalue weighted by Crippen LogP contribution is -2.48. The van der Waals surface area contributed by atoms with Crippen molar-refractivity contribution < 1.29 is 79.6 Å². The molecule has 248 valence electrons. The second-order valence-corrected chi connectivity index (χ2v) is 9.90. The third-order valence-corrected chi connectivity index (χ3v) is 7.34. The lowest BCUT2D eigenvalue weighted by atomic mass is 9.73. The van der Waals surface area contributed by atoms with E-state index in [1.165, 1.54) is 0 Å². The topological polar surface area (TPSA) is 18.5 Å². The monoisotopic (exact) mass is 700 g/mol. The summed E-state index contributed by atoms with van der Waals surface area (Å²) in [4.78, 5) is 0. The Bertz CT molecular complexity index is 2220. The van der Waals surface area contributed by atoms with E-state index in [4.69, 9.17) is 4.65 Å². The summed E-state index contributed by atoms with van der Waals surface area (Å²) in [5, 5.41) is -4.40. The summed E-state index contributed by atoms with van der Waals surface area (Å²) in [6.07, 6.45) is -0.879. The lowest BCUT2D eigenvalue weighted by Gasteiger charge is -2.23. The summed E-state index contributed by atoms with van der Waals surface area (Å²) < 4.78 is 243. The van der Waals surface area contributed by atoms with Crippen LogP contribution < -0.4 is 14.8 Å².